The zero-order chi connectivity index (χ0) is 13.8. The Bertz CT molecular complexity index is 701. The van der Waals surface area contributed by atoms with Crippen molar-refractivity contribution < 1.29 is 0 Å². The van der Waals surface area contributed by atoms with Crippen LogP contribution in [0.1, 0.15) is 16.7 Å². The lowest BCUT2D eigenvalue weighted by Crippen LogP contribution is -2.24. The van der Waals surface area contributed by atoms with E-state index in [0.29, 0.717) is 11.6 Å². The van der Waals surface area contributed by atoms with E-state index in [-0.39, 0.29) is 11.1 Å². The van der Waals surface area contributed by atoms with Crippen molar-refractivity contribution in [3.63, 3.8) is 0 Å². The van der Waals surface area contributed by atoms with Crippen LogP contribution in [0.2, 0.25) is 0 Å². The molecule has 0 saturated carbocycles. The van der Waals surface area contributed by atoms with Crippen LogP contribution in [0.5, 0.6) is 0 Å². The number of hydrogen-bond donors (Lipinski definition) is 0. The summed E-state index contributed by atoms with van der Waals surface area (Å²) < 4.78 is 1.47. The minimum atomic E-state index is -0.289. The molecule has 4 nitrogen and oxygen atoms in total. The van der Waals surface area contributed by atoms with Gasteiger partial charge in [-0.2, -0.15) is 5.26 Å². The van der Waals surface area contributed by atoms with Gasteiger partial charge in [-0.3, -0.25) is 9.36 Å². The first-order chi connectivity index (χ1) is 9.15. The van der Waals surface area contributed by atoms with E-state index in [1.54, 1.807) is 6.26 Å². The molecular weight excluding hydrogens is 258 g/mol. The second-order valence-electron chi connectivity index (χ2n) is 4.16. The van der Waals surface area contributed by atoms with Gasteiger partial charge in [0.15, 0.2) is 0 Å². The number of aromatic nitrogens is 2. The molecule has 0 N–H and O–H groups in total. The summed E-state index contributed by atoms with van der Waals surface area (Å²) in [4.78, 5) is 16.3. The van der Waals surface area contributed by atoms with Crippen molar-refractivity contribution in [3.05, 3.63) is 57.6 Å². The molecule has 0 aliphatic carbocycles. The van der Waals surface area contributed by atoms with Crippen LogP contribution in [-0.2, 0) is 6.54 Å². The standard InChI is InChI=1S/C14H13N3OS/c1-10-4-3-5-11(6-10)8-17-9-16-13(19-2)12(7-15)14(17)18/h3-6,9H,8H2,1-2H3. The highest BCUT2D eigenvalue weighted by Crippen LogP contribution is 2.13. The van der Waals surface area contributed by atoms with Gasteiger partial charge in [0.2, 0.25) is 0 Å². The number of aryl methyl sites for hydroxylation is 1. The number of hydrogen-bond acceptors (Lipinski definition) is 4. The van der Waals surface area contributed by atoms with E-state index in [1.807, 2.05) is 37.3 Å². The average molecular weight is 271 g/mol. The predicted octanol–water partition coefficient (Wildman–Crippen LogP) is 2.19. The van der Waals surface area contributed by atoms with E-state index in [4.69, 9.17) is 5.26 Å². The van der Waals surface area contributed by atoms with Crippen LogP contribution < -0.4 is 5.56 Å². The molecule has 2 rings (SSSR count). The van der Waals surface area contributed by atoms with Crippen molar-refractivity contribution in [2.24, 2.45) is 0 Å². The van der Waals surface area contributed by atoms with Gasteiger partial charge in [-0.1, -0.05) is 29.8 Å². The largest absolute Gasteiger partial charge is 0.294 e. The van der Waals surface area contributed by atoms with Crippen molar-refractivity contribution >= 4 is 11.8 Å². The van der Waals surface area contributed by atoms with Crippen molar-refractivity contribution in [2.75, 3.05) is 6.26 Å². The van der Waals surface area contributed by atoms with E-state index in [9.17, 15) is 4.79 Å². The van der Waals surface area contributed by atoms with Gasteiger partial charge in [-0.25, -0.2) is 4.98 Å². The summed E-state index contributed by atoms with van der Waals surface area (Å²) in [5.74, 6) is 0. The maximum Gasteiger partial charge on any atom is 0.272 e. The molecule has 0 amide bonds. The Balaban J connectivity index is 2.43. The minimum absolute atomic E-state index is 0.114. The van der Waals surface area contributed by atoms with Gasteiger partial charge < -0.3 is 0 Å². The van der Waals surface area contributed by atoms with Gasteiger partial charge in [0.25, 0.3) is 5.56 Å². The van der Waals surface area contributed by atoms with E-state index in [1.165, 1.54) is 22.7 Å². The number of thioether (sulfide) groups is 1. The Morgan fingerprint density at radius 1 is 1.47 bits per heavy atom. The summed E-state index contributed by atoms with van der Waals surface area (Å²) >= 11 is 1.30. The third-order valence-electron chi connectivity index (χ3n) is 2.74. The monoisotopic (exact) mass is 271 g/mol. The Labute approximate surface area is 115 Å². The Morgan fingerprint density at radius 2 is 2.26 bits per heavy atom. The molecule has 0 spiro atoms. The van der Waals surface area contributed by atoms with Crippen LogP contribution >= 0.6 is 11.8 Å². The molecule has 0 aliphatic heterocycles. The molecule has 5 heteroatoms. The Kier molecular flexibility index (Phi) is 4.03. The summed E-state index contributed by atoms with van der Waals surface area (Å²) in [7, 11) is 0. The average Bonchev–Trinajstić information content (AvgIpc) is 2.41. The summed E-state index contributed by atoms with van der Waals surface area (Å²) in [6.07, 6.45) is 3.30. The molecule has 1 aromatic carbocycles. The molecule has 0 fully saturated rings. The molecule has 1 aromatic heterocycles. The first-order valence-electron chi connectivity index (χ1n) is 5.74. The number of benzene rings is 1. The van der Waals surface area contributed by atoms with Crippen LogP contribution in [0, 0.1) is 18.3 Å². The van der Waals surface area contributed by atoms with Crippen molar-refractivity contribution in [2.45, 2.75) is 18.5 Å². The van der Waals surface area contributed by atoms with Crippen LogP contribution in [0.15, 0.2) is 40.4 Å². The lowest BCUT2D eigenvalue weighted by molar-refractivity contribution is 0.715. The fraction of sp³-hybridized carbons (Fsp3) is 0.214. The van der Waals surface area contributed by atoms with Crippen molar-refractivity contribution in [3.8, 4) is 6.07 Å². The van der Waals surface area contributed by atoms with Crippen molar-refractivity contribution in [1.29, 1.82) is 5.26 Å². The summed E-state index contributed by atoms with van der Waals surface area (Å²) in [5, 5.41) is 9.53. The molecular formula is C14H13N3OS. The van der Waals surface area contributed by atoms with Gasteiger partial charge in [0.1, 0.15) is 16.7 Å². The SMILES string of the molecule is CSc1ncn(Cc2cccc(C)c2)c(=O)c1C#N. The first-order valence-corrected chi connectivity index (χ1v) is 6.97. The highest BCUT2D eigenvalue weighted by atomic mass is 32.2. The topological polar surface area (TPSA) is 58.7 Å². The molecule has 0 atom stereocenters. The lowest BCUT2D eigenvalue weighted by atomic mass is 10.1. The van der Waals surface area contributed by atoms with E-state index in [2.05, 4.69) is 4.98 Å². The van der Waals surface area contributed by atoms with E-state index < -0.39 is 0 Å². The van der Waals surface area contributed by atoms with Gasteiger partial charge in [0, 0.05) is 0 Å². The maximum absolute atomic E-state index is 12.2. The van der Waals surface area contributed by atoms with E-state index >= 15 is 0 Å². The van der Waals surface area contributed by atoms with E-state index in [0.717, 1.165) is 11.1 Å². The summed E-state index contributed by atoms with van der Waals surface area (Å²) in [6.45, 7) is 2.43. The minimum Gasteiger partial charge on any atom is -0.294 e. The molecule has 96 valence electrons. The molecule has 0 radical (unpaired) electrons. The molecule has 0 unspecified atom stereocenters. The molecule has 0 aliphatic rings. The Hall–Kier alpha value is -2.06. The second kappa shape index (κ2) is 5.72. The van der Waals surface area contributed by atoms with Crippen LogP contribution in [0.25, 0.3) is 0 Å². The quantitative estimate of drug-likeness (QED) is 0.634. The predicted molar refractivity (Wildman–Crippen MR) is 75.3 cm³/mol. The smallest absolute Gasteiger partial charge is 0.272 e. The molecule has 0 bridgehead atoms. The third-order valence-corrected chi connectivity index (χ3v) is 3.44. The van der Waals surface area contributed by atoms with Gasteiger partial charge in [0.05, 0.1) is 12.9 Å². The molecule has 2 aromatic rings. The van der Waals surface area contributed by atoms with Crippen LogP contribution in [0.4, 0.5) is 0 Å². The zero-order valence-corrected chi connectivity index (χ0v) is 11.6. The second-order valence-corrected chi connectivity index (χ2v) is 4.96. The lowest BCUT2D eigenvalue weighted by Gasteiger charge is -2.08. The first kappa shape index (κ1) is 13.4. The highest BCUT2D eigenvalue weighted by Gasteiger charge is 2.10. The van der Waals surface area contributed by atoms with Gasteiger partial charge >= 0.3 is 0 Å². The van der Waals surface area contributed by atoms with Gasteiger partial charge in [-0.15, -0.1) is 11.8 Å². The summed E-state index contributed by atoms with van der Waals surface area (Å²) in [5.41, 5.74) is 1.98. The van der Waals surface area contributed by atoms with Gasteiger partial charge in [-0.05, 0) is 18.7 Å². The Morgan fingerprint density at radius 3 is 2.89 bits per heavy atom. The number of rotatable bonds is 3. The zero-order valence-electron chi connectivity index (χ0n) is 10.8. The van der Waals surface area contributed by atoms with Crippen molar-refractivity contribution in [1.82, 2.24) is 9.55 Å². The molecule has 19 heavy (non-hydrogen) atoms. The number of nitrogens with zero attached hydrogens (tertiary/aromatic N) is 3. The number of nitriles is 1. The molecule has 1 heterocycles. The third kappa shape index (κ3) is 2.85. The molecule has 0 saturated heterocycles. The fourth-order valence-electron chi connectivity index (χ4n) is 1.84. The van der Waals surface area contributed by atoms with Crippen LogP contribution in [-0.4, -0.2) is 15.8 Å². The van der Waals surface area contributed by atoms with Crippen LogP contribution in [0.3, 0.4) is 0 Å². The normalized spacial score (nSPS) is 10.2. The summed E-state index contributed by atoms with van der Waals surface area (Å²) in [6, 6.07) is 9.85. The fourth-order valence-corrected chi connectivity index (χ4v) is 2.33. The highest BCUT2D eigenvalue weighted by molar-refractivity contribution is 7.98. The maximum atomic E-state index is 12.2.